The van der Waals surface area contributed by atoms with Crippen LogP contribution in [-0.2, 0) is 13.0 Å². The molecule has 1 fully saturated rings. The molecule has 20 heavy (non-hydrogen) atoms. The zero-order valence-corrected chi connectivity index (χ0v) is 13.1. The summed E-state index contributed by atoms with van der Waals surface area (Å²) in [4.78, 5) is 4.47. The summed E-state index contributed by atoms with van der Waals surface area (Å²) in [6.07, 6.45) is 12.3. The normalized spacial score (nSPS) is 18.9. The first-order valence-corrected chi connectivity index (χ1v) is 8.45. The molecular weight excluding hydrogens is 248 g/mol. The van der Waals surface area contributed by atoms with E-state index in [1.807, 2.05) is 4.68 Å². The number of hydrogen-bond acceptors (Lipinski definition) is 3. The molecule has 4 nitrogen and oxygen atoms in total. The van der Waals surface area contributed by atoms with E-state index in [-0.39, 0.29) is 0 Å². The number of aromatic nitrogens is 3. The number of hydrogen-bond donors (Lipinski definition) is 1. The SMILES string of the molecule is CCCNC(Cc1ncnn1CC)C1CCCCCC1. The predicted molar refractivity (Wildman–Crippen MR) is 82.7 cm³/mol. The number of nitrogens with one attached hydrogen (secondary N) is 1. The maximum Gasteiger partial charge on any atom is 0.138 e. The van der Waals surface area contributed by atoms with Crippen LogP contribution in [0.4, 0.5) is 0 Å². The van der Waals surface area contributed by atoms with E-state index in [4.69, 9.17) is 0 Å². The van der Waals surface area contributed by atoms with Crippen molar-refractivity contribution in [1.82, 2.24) is 20.1 Å². The average molecular weight is 278 g/mol. The highest BCUT2D eigenvalue weighted by Gasteiger charge is 2.24. The summed E-state index contributed by atoms with van der Waals surface area (Å²) in [7, 11) is 0. The van der Waals surface area contributed by atoms with Crippen molar-refractivity contribution in [2.75, 3.05) is 6.54 Å². The van der Waals surface area contributed by atoms with Crippen LogP contribution >= 0.6 is 0 Å². The van der Waals surface area contributed by atoms with Gasteiger partial charge in [0.15, 0.2) is 0 Å². The minimum Gasteiger partial charge on any atom is -0.313 e. The topological polar surface area (TPSA) is 42.7 Å². The molecule has 114 valence electrons. The Morgan fingerprint density at radius 2 is 2.00 bits per heavy atom. The van der Waals surface area contributed by atoms with Gasteiger partial charge in [-0.25, -0.2) is 4.98 Å². The lowest BCUT2D eigenvalue weighted by atomic mass is 9.89. The molecule has 0 bridgehead atoms. The molecule has 4 heteroatoms. The lowest BCUT2D eigenvalue weighted by Crippen LogP contribution is -2.39. The van der Waals surface area contributed by atoms with Crippen LogP contribution in [0.1, 0.15) is 64.6 Å². The van der Waals surface area contributed by atoms with Crippen LogP contribution in [0.25, 0.3) is 0 Å². The van der Waals surface area contributed by atoms with E-state index in [1.165, 1.54) is 44.9 Å². The highest BCUT2D eigenvalue weighted by atomic mass is 15.3. The van der Waals surface area contributed by atoms with Crippen molar-refractivity contribution in [3.63, 3.8) is 0 Å². The molecule has 1 heterocycles. The minimum atomic E-state index is 0.572. The van der Waals surface area contributed by atoms with E-state index in [9.17, 15) is 0 Å². The van der Waals surface area contributed by atoms with E-state index < -0.39 is 0 Å². The Morgan fingerprint density at radius 3 is 2.65 bits per heavy atom. The Kier molecular flexibility index (Phi) is 6.51. The Morgan fingerprint density at radius 1 is 1.25 bits per heavy atom. The van der Waals surface area contributed by atoms with Gasteiger partial charge in [-0.1, -0.05) is 32.6 Å². The number of aryl methyl sites for hydroxylation is 1. The third-order valence-corrected chi connectivity index (χ3v) is 4.52. The van der Waals surface area contributed by atoms with Crippen molar-refractivity contribution < 1.29 is 0 Å². The molecule has 1 unspecified atom stereocenters. The van der Waals surface area contributed by atoms with Gasteiger partial charge in [0.05, 0.1) is 0 Å². The molecule has 0 radical (unpaired) electrons. The zero-order valence-electron chi connectivity index (χ0n) is 13.1. The van der Waals surface area contributed by atoms with Crippen LogP contribution < -0.4 is 5.32 Å². The molecule has 2 rings (SSSR count). The van der Waals surface area contributed by atoms with E-state index in [2.05, 4.69) is 29.2 Å². The standard InChI is InChI=1S/C16H30N4/c1-3-11-17-15(14-9-7-5-6-8-10-14)12-16-18-13-19-20(16)4-2/h13-15,17H,3-12H2,1-2H3. The van der Waals surface area contributed by atoms with Gasteiger partial charge in [-0.05, 0) is 38.6 Å². The zero-order chi connectivity index (χ0) is 14.2. The van der Waals surface area contributed by atoms with Gasteiger partial charge in [0.1, 0.15) is 12.2 Å². The van der Waals surface area contributed by atoms with Crippen molar-refractivity contribution >= 4 is 0 Å². The summed E-state index contributed by atoms with van der Waals surface area (Å²) in [5.74, 6) is 1.96. The Hall–Kier alpha value is -0.900. The first-order chi connectivity index (χ1) is 9.85. The molecular formula is C16H30N4. The molecule has 0 saturated heterocycles. The smallest absolute Gasteiger partial charge is 0.138 e. The molecule has 0 aromatic carbocycles. The molecule has 0 spiro atoms. The highest BCUT2D eigenvalue weighted by Crippen LogP contribution is 2.27. The van der Waals surface area contributed by atoms with Crippen molar-refractivity contribution in [2.45, 2.75) is 77.8 Å². The van der Waals surface area contributed by atoms with Gasteiger partial charge in [-0.15, -0.1) is 0 Å². The van der Waals surface area contributed by atoms with Crippen molar-refractivity contribution in [3.8, 4) is 0 Å². The summed E-state index contributed by atoms with van der Waals surface area (Å²) < 4.78 is 2.04. The predicted octanol–water partition coefficient (Wildman–Crippen LogP) is 3.18. The third kappa shape index (κ3) is 4.30. The lowest BCUT2D eigenvalue weighted by molar-refractivity contribution is 0.310. The quantitative estimate of drug-likeness (QED) is 0.779. The molecule has 0 aliphatic heterocycles. The van der Waals surface area contributed by atoms with E-state index in [1.54, 1.807) is 6.33 Å². The molecule has 1 aromatic rings. The first kappa shape index (κ1) is 15.5. The van der Waals surface area contributed by atoms with E-state index in [0.717, 1.165) is 31.3 Å². The average Bonchev–Trinajstić information content (AvgIpc) is 2.74. The summed E-state index contributed by atoms with van der Waals surface area (Å²) >= 11 is 0. The van der Waals surface area contributed by atoms with Gasteiger partial charge in [0.25, 0.3) is 0 Å². The van der Waals surface area contributed by atoms with Crippen LogP contribution in [-0.4, -0.2) is 27.4 Å². The molecule has 0 amide bonds. The summed E-state index contributed by atoms with van der Waals surface area (Å²) in [5, 5.41) is 8.08. The summed E-state index contributed by atoms with van der Waals surface area (Å²) in [6.45, 7) is 6.41. The summed E-state index contributed by atoms with van der Waals surface area (Å²) in [5.41, 5.74) is 0. The lowest BCUT2D eigenvalue weighted by Gasteiger charge is -2.27. The van der Waals surface area contributed by atoms with Gasteiger partial charge < -0.3 is 5.32 Å². The van der Waals surface area contributed by atoms with E-state index in [0.29, 0.717) is 6.04 Å². The maximum absolute atomic E-state index is 4.47. The minimum absolute atomic E-state index is 0.572. The summed E-state index contributed by atoms with van der Waals surface area (Å²) in [6, 6.07) is 0.572. The van der Waals surface area contributed by atoms with Crippen LogP contribution in [0.15, 0.2) is 6.33 Å². The fourth-order valence-corrected chi connectivity index (χ4v) is 3.36. The molecule has 1 aromatic heterocycles. The molecule has 1 atom stereocenters. The van der Waals surface area contributed by atoms with Crippen molar-refractivity contribution in [1.29, 1.82) is 0 Å². The van der Waals surface area contributed by atoms with Crippen LogP contribution in [0, 0.1) is 5.92 Å². The second kappa shape index (κ2) is 8.40. The van der Waals surface area contributed by atoms with E-state index >= 15 is 0 Å². The molecule has 1 aliphatic rings. The number of rotatable bonds is 7. The van der Waals surface area contributed by atoms with Crippen LogP contribution in [0.3, 0.4) is 0 Å². The van der Waals surface area contributed by atoms with Crippen LogP contribution in [0.5, 0.6) is 0 Å². The Labute approximate surface area is 123 Å². The Bertz CT molecular complexity index is 366. The Balaban J connectivity index is 2.01. The van der Waals surface area contributed by atoms with Gasteiger partial charge in [0, 0.05) is 19.0 Å². The second-order valence-corrected chi connectivity index (χ2v) is 6.01. The second-order valence-electron chi connectivity index (χ2n) is 6.01. The monoisotopic (exact) mass is 278 g/mol. The largest absolute Gasteiger partial charge is 0.313 e. The highest BCUT2D eigenvalue weighted by molar-refractivity contribution is 4.92. The van der Waals surface area contributed by atoms with Gasteiger partial charge in [-0.3, -0.25) is 4.68 Å². The van der Waals surface area contributed by atoms with Crippen molar-refractivity contribution in [2.24, 2.45) is 5.92 Å². The maximum atomic E-state index is 4.47. The number of nitrogens with zero attached hydrogens (tertiary/aromatic N) is 3. The molecule has 1 saturated carbocycles. The van der Waals surface area contributed by atoms with Gasteiger partial charge in [0.2, 0.25) is 0 Å². The van der Waals surface area contributed by atoms with Crippen molar-refractivity contribution in [3.05, 3.63) is 12.2 Å². The molecule has 1 N–H and O–H groups in total. The molecule has 1 aliphatic carbocycles. The first-order valence-electron chi connectivity index (χ1n) is 8.45. The third-order valence-electron chi connectivity index (χ3n) is 4.52. The van der Waals surface area contributed by atoms with Gasteiger partial charge >= 0.3 is 0 Å². The van der Waals surface area contributed by atoms with Gasteiger partial charge in [-0.2, -0.15) is 5.10 Å². The fraction of sp³-hybridized carbons (Fsp3) is 0.875. The fourth-order valence-electron chi connectivity index (χ4n) is 3.36. The van der Waals surface area contributed by atoms with Crippen LogP contribution in [0.2, 0.25) is 0 Å².